The molecular weight excluding hydrogens is 632 g/mol. The van der Waals surface area contributed by atoms with Crippen LogP contribution in [0.5, 0.6) is 23.0 Å². The lowest BCUT2D eigenvalue weighted by atomic mass is 9.81. The van der Waals surface area contributed by atoms with Crippen molar-refractivity contribution in [3.8, 4) is 23.0 Å². The Hall–Kier alpha value is -3.64. The summed E-state index contributed by atoms with van der Waals surface area (Å²) in [7, 11) is 6.81. The first kappa shape index (κ1) is 36.6. The third-order valence-corrected chi connectivity index (χ3v) is 11.1. The standard InChI is InChI=1S/C42H56ClN2O4/c1-11-13-22-44-32-26-36(48-9)34(46-7)24-30(32)41(3,4)38(44)20-18-28-16-15-17-29(40(28)43)19-21-39-42(5,6)31-25-35(47-8)37(49-10)27-33(31)45(39)23-14-12-2/h18-21,24-27H,11-17,22-23H2,1-10H3/q+1. The van der Waals surface area contributed by atoms with Gasteiger partial charge in [0.2, 0.25) is 5.69 Å². The van der Waals surface area contributed by atoms with E-state index in [1.165, 1.54) is 45.1 Å². The van der Waals surface area contributed by atoms with Crippen molar-refractivity contribution < 1.29 is 23.5 Å². The van der Waals surface area contributed by atoms with E-state index in [1.54, 1.807) is 28.4 Å². The molecule has 0 bridgehead atoms. The van der Waals surface area contributed by atoms with Crippen molar-refractivity contribution in [2.75, 3.05) is 46.4 Å². The molecule has 0 spiro atoms. The van der Waals surface area contributed by atoms with Gasteiger partial charge in [-0.05, 0) is 74.4 Å². The molecule has 6 nitrogen and oxygen atoms in total. The summed E-state index contributed by atoms with van der Waals surface area (Å²) in [5, 5.41) is 0.869. The fraction of sp³-hybridized carbons (Fsp3) is 0.500. The van der Waals surface area contributed by atoms with Crippen LogP contribution in [0.2, 0.25) is 0 Å². The molecule has 3 aliphatic rings. The summed E-state index contributed by atoms with van der Waals surface area (Å²) in [4.78, 5) is 2.46. The molecule has 0 saturated carbocycles. The van der Waals surface area contributed by atoms with Gasteiger partial charge in [-0.3, -0.25) is 0 Å². The predicted molar refractivity (Wildman–Crippen MR) is 204 cm³/mol. The van der Waals surface area contributed by atoms with E-state index < -0.39 is 0 Å². The van der Waals surface area contributed by atoms with Gasteiger partial charge in [0, 0.05) is 52.5 Å². The molecule has 0 radical (unpaired) electrons. The summed E-state index contributed by atoms with van der Waals surface area (Å²) in [6.45, 7) is 15.6. The van der Waals surface area contributed by atoms with Crippen molar-refractivity contribution in [1.82, 2.24) is 0 Å². The molecule has 5 rings (SSSR count). The Kier molecular flexibility index (Phi) is 11.3. The van der Waals surface area contributed by atoms with E-state index in [9.17, 15) is 0 Å². The van der Waals surface area contributed by atoms with E-state index in [-0.39, 0.29) is 10.8 Å². The average Bonchev–Trinajstić information content (AvgIpc) is 3.43. The van der Waals surface area contributed by atoms with Crippen molar-refractivity contribution >= 4 is 28.7 Å². The van der Waals surface area contributed by atoms with Crippen LogP contribution in [0.3, 0.4) is 0 Å². The van der Waals surface area contributed by atoms with Crippen LogP contribution in [0.15, 0.2) is 70.4 Å². The van der Waals surface area contributed by atoms with Gasteiger partial charge in [0.1, 0.15) is 6.54 Å². The zero-order chi connectivity index (χ0) is 35.5. The van der Waals surface area contributed by atoms with Crippen molar-refractivity contribution in [3.63, 3.8) is 0 Å². The van der Waals surface area contributed by atoms with Crippen molar-refractivity contribution in [3.05, 3.63) is 81.6 Å². The topological polar surface area (TPSA) is 43.2 Å². The minimum atomic E-state index is -0.208. The Morgan fingerprint density at radius 2 is 1.37 bits per heavy atom. The van der Waals surface area contributed by atoms with Crippen LogP contribution in [0.1, 0.15) is 97.6 Å². The Labute approximate surface area is 299 Å². The maximum absolute atomic E-state index is 7.27. The second-order valence-corrected chi connectivity index (χ2v) is 14.7. The molecule has 7 heteroatoms. The SMILES string of the molecule is CCCCN1/C(=C\C=C2/CCCC(/C=C/C3=[N+](CCCC)c4cc(OC)c(OC)cc4C3(C)C)=C2Cl)C(C)(C)c2cc(OC)c(OC)cc21. The van der Waals surface area contributed by atoms with Gasteiger partial charge in [0.15, 0.2) is 28.7 Å². The third-order valence-electron chi connectivity index (χ3n) is 10.6. The normalized spacial score (nSPS) is 19.7. The molecule has 0 N–H and O–H groups in total. The lowest BCUT2D eigenvalue weighted by Gasteiger charge is -2.27. The summed E-state index contributed by atoms with van der Waals surface area (Å²) < 4.78 is 25.3. The van der Waals surface area contributed by atoms with Gasteiger partial charge in [0.25, 0.3) is 0 Å². The molecule has 49 heavy (non-hydrogen) atoms. The number of hydrogen-bond donors (Lipinski definition) is 0. The minimum absolute atomic E-state index is 0.208. The second-order valence-electron chi connectivity index (χ2n) is 14.4. The van der Waals surface area contributed by atoms with Crippen molar-refractivity contribution in [2.45, 2.75) is 97.3 Å². The predicted octanol–water partition coefficient (Wildman–Crippen LogP) is 10.5. The number of nitrogens with zero attached hydrogens (tertiary/aromatic N) is 2. The fourth-order valence-electron chi connectivity index (χ4n) is 7.67. The summed E-state index contributed by atoms with van der Waals surface area (Å²) >= 11 is 7.27. The van der Waals surface area contributed by atoms with Crippen LogP contribution in [-0.4, -0.2) is 51.8 Å². The van der Waals surface area contributed by atoms with Crippen LogP contribution in [0.25, 0.3) is 0 Å². The summed E-state index contributed by atoms with van der Waals surface area (Å²) in [6, 6.07) is 8.56. The van der Waals surface area contributed by atoms with E-state index in [2.05, 4.69) is 99.6 Å². The monoisotopic (exact) mass is 687 g/mol. The first-order valence-corrected chi connectivity index (χ1v) is 18.3. The number of benzene rings is 2. The molecular formula is C42H56ClN2O4+. The number of methoxy groups -OCH3 is 4. The maximum Gasteiger partial charge on any atom is 0.213 e. The van der Waals surface area contributed by atoms with E-state index >= 15 is 0 Å². The lowest BCUT2D eigenvalue weighted by molar-refractivity contribution is -0.438. The number of ether oxygens (including phenoxy) is 4. The highest BCUT2D eigenvalue weighted by Crippen LogP contribution is 2.52. The second kappa shape index (κ2) is 15.1. The first-order valence-electron chi connectivity index (χ1n) is 17.9. The van der Waals surface area contributed by atoms with Crippen LogP contribution < -0.4 is 23.8 Å². The number of halogens is 1. The van der Waals surface area contributed by atoms with E-state index in [0.717, 1.165) is 86.1 Å². The summed E-state index contributed by atoms with van der Waals surface area (Å²) in [6.07, 6.45) is 16.6. The molecule has 2 aromatic carbocycles. The molecule has 0 saturated heterocycles. The van der Waals surface area contributed by atoms with Crippen LogP contribution in [0.4, 0.5) is 11.4 Å². The number of allylic oxidation sites excluding steroid dienone is 8. The summed E-state index contributed by atoms with van der Waals surface area (Å²) in [5.41, 5.74) is 9.38. The zero-order valence-electron chi connectivity index (χ0n) is 31.4. The molecule has 1 aliphatic carbocycles. The number of unbranched alkanes of at least 4 members (excludes halogenated alkanes) is 2. The van der Waals surface area contributed by atoms with Crippen LogP contribution in [0, 0.1) is 0 Å². The molecule has 2 aliphatic heterocycles. The summed E-state index contributed by atoms with van der Waals surface area (Å²) in [5.74, 6) is 3.03. The molecule has 2 heterocycles. The highest BCUT2D eigenvalue weighted by molar-refractivity contribution is 6.32. The van der Waals surface area contributed by atoms with Gasteiger partial charge in [-0.2, -0.15) is 4.58 Å². The fourth-order valence-corrected chi connectivity index (χ4v) is 7.99. The quantitative estimate of drug-likeness (QED) is 0.196. The van der Waals surface area contributed by atoms with Gasteiger partial charge in [-0.1, -0.05) is 64.3 Å². The number of fused-ring (bicyclic) bond motifs is 2. The smallest absolute Gasteiger partial charge is 0.213 e. The first-order chi connectivity index (χ1) is 23.5. The lowest BCUT2D eigenvalue weighted by Crippen LogP contribution is -2.28. The van der Waals surface area contributed by atoms with Crippen LogP contribution >= 0.6 is 11.6 Å². The Morgan fingerprint density at radius 1 is 0.755 bits per heavy atom. The number of hydrogen-bond acceptors (Lipinski definition) is 5. The molecule has 2 aromatic rings. The van der Waals surface area contributed by atoms with Crippen molar-refractivity contribution in [2.24, 2.45) is 0 Å². The highest BCUT2D eigenvalue weighted by atomic mass is 35.5. The molecule has 0 atom stereocenters. The molecule has 0 aromatic heterocycles. The number of anilines is 1. The van der Waals surface area contributed by atoms with Gasteiger partial charge in [-0.25, -0.2) is 0 Å². The molecule has 0 unspecified atom stereocenters. The minimum Gasteiger partial charge on any atom is -0.493 e. The van der Waals surface area contributed by atoms with Gasteiger partial charge >= 0.3 is 0 Å². The highest BCUT2D eigenvalue weighted by Gasteiger charge is 2.45. The Morgan fingerprint density at radius 3 is 2.00 bits per heavy atom. The van der Waals surface area contributed by atoms with E-state index in [4.69, 9.17) is 30.5 Å². The third kappa shape index (κ3) is 6.78. The molecule has 0 amide bonds. The van der Waals surface area contributed by atoms with Gasteiger partial charge in [-0.15, -0.1) is 0 Å². The molecule has 0 fully saturated rings. The largest absolute Gasteiger partial charge is 0.493 e. The average molecular weight is 688 g/mol. The van der Waals surface area contributed by atoms with E-state index in [0.29, 0.717) is 0 Å². The Bertz CT molecular complexity index is 1730. The van der Waals surface area contributed by atoms with E-state index in [1.807, 2.05) is 0 Å². The Balaban J connectivity index is 1.53. The van der Waals surface area contributed by atoms with Gasteiger partial charge < -0.3 is 23.8 Å². The van der Waals surface area contributed by atoms with Crippen LogP contribution in [-0.2, 0) is 10.8 Å². The maximum atomic E-state index is 7.27. The van der Waals surface area contributed by atoms with Gasteiger partial charge in [0.05, 0.1) is 39.9 Å². The zero-order valence-corrected chi connectivity index (χ0v) is 32.1. The van der Waals surface area contributed by atoms with Crippen molar-refractivity contribution in [1.29, 1.82) is 0 Å². The number of rotatable bonds is 13. The molecule has 264 valence electrons.